The molecule has 7 heteroatoms. The van der Waals surface area contributed by atoms with Gasteiger partial charge in [-0.25, -0.2) is 9.99 Å². The Bertz CT molecular complexity index is 377. The number of hydrogen-bond acceptors (Lipinski definition) is 4. The molecule has 1 aromatic heterocycles. The molecule has 17 heavy (non-hydrogen) atoms. The summed E-state index contributed by atoms with van der Waals surface area (Å²) in [4.78, 5) is 29.0. The molecular weight excluding hydrogens is 224 g/mol. The summed E-state index contributed by atoms with van der Waals surface area (Å²) in [5.41, 5.74) is 3.13. The number of aliphatic carboxylic acids is 1. The number of hydrogen-bond donors (Lipinski definition) is 3. The van der Waals surface area contributed by atoms with Crippen molar-refractivity contribution in [3.8, 4) is 0 Å². The highest BCUT2D eigenvalue weighted by Gasteiger charge is 2.24. The number of nitrogens with one attached hydrogen (secondary N) is 2. The first-order chi connectivity index (χ1) is 8.04. The van der Waals surface area contributed by atoms with Gasteiger partial charge in [-0.2, -0.15) is 0 Å². The van der Waals surface area contributed by atoms with E-state index in [1.807, 2.05) is 0 Å². The molecule has 0 saturated heterocycles. The lowest BCUT2D eigenvalue weighted by Gasteiger charge is -2.24. The Morgan fingerprint density at radius 2 is 2.35 bits per heavy atom. The zero-order valence-electron chi connectivity index (χ0n) is 9.80. The monoisotopic (exact) mass is 240 g/mol. The van der Waals surface area contributed by atoms with Crippen LogP contribution in [0.3, 0.4) is 0 Å². The Balaban J connectivity index is 2.65. The number of rotatable bonds is 6. The largest absolute Gasteiger partial charge is 0.480 e. The molecule has 1 rings (SSSR count). The fourth-order valence-electron chi connectivity index (χ4n) is 1.34. The van der Waals surface area contributed by atoms with Crippen LogP contribution in [-0.4, -0.2) is 45.0 Å². The Morgan fingerprint density at radius 3 is 2.82 bits per heavy atom. The smallest absolute Gasteiger partial charge is 0.323 e. The van der Waals surface area contributed by atoms with Gasteiger partial charge in [0.05, 0.1) is 12.0 Å². The molecule has 1 amide bonds. The van der Waals surface area contributed by atoms with Crippen molar-refractivity contribution in [3.63, 3.8) is 0 Å². The first kappa shape index (κ1) is 13.2. The van der Waals surface area contributed by atoms with E-state index in [0.717, 1.165) is 0 Å². The highest BCUT2D eigenvalue weighted by atomic mass is 16.4. The molecule has 0 aliphatic rings. The van der Waals surface area contributed by atoms with E-state index in [2.05, 4.69) is 15.4 Å². The zero-order valence-corrected chi connectivity index (χ0v) is 9.80. The van der Waals surface area contributed by atoms with Gasteiger partial charge in [-0.3, -0.25) is 15.0 Å². The van der Waals surface area contributed by atoms with Crippen LogP contribution in [0, 0.1) is 0 Å². The van der Waals surface area contributed by atoms with Gasteiger partial charge in [-0.15, -0.1) is 0 Å². The van der Waals surface area contributed by atoms with E-state index in [-0.39, 0.29) is 12.3 Å². The summed E-state index contributed by atoms with van der Waals surface area (Å²) >= 11 is 0. The molecular formula is C10H16N4O3. The first-order valence-corrected chi connectivity index (χ1v) is 5.27. The van der Waals surface area contributed by atoms with E-state index in [0.29, 0.717) is 12.1 Å². The minimum absolute atomic E-state index is 0.222. The number of H-pyrrole nitrogens is 1. The molecule has 0 unspecified atom stereocenters. The Hall–Kier alpha value is -1.89. The number of amides is 1. The van der Waals surface area contributed by atoms with Crippen molar-refractivity contribution in [2.75, 3.05) is 7.05 Å². The average Bonchev–Trinajstić information content (AvgIpc) is 2.77. The van der Waals surface area contributed by atoms with Gasteiger partial charge >= 0.3 is 5.97 Å². The maximum absolute atomic E-state index is 11.2. The SMILES string of the molecule is CCC(=O)NN(C)[C@@H](Cc1c[nH]cn1)C(=O)O. The van der Waals surface area contributed by atoms with Gasteiger partial charge < -0.3 is 10.1 Å². The Labute approximate surface area is 98.8 Å². The third-order valence-corrected chi connectivity index (χ3v) is 2.33. The maximum Gasteiger partial charge on any atom is 0.323 e. The van der Waals surface area contributed by atoms with Gasteiger partial charge in [0.25, 0.3) is 0 Å². The molecule has 1 atom stereocenters. The van der Waals surface area contributed by atoms with E-state index < -0.39 is 12.0 Å². The van der Waals surface area contributed by atoms with E-state index >= 15 is 0 Å². The van der Waals surface area contributed by atoms with Crippen LogP contribution in [0.25, 0.3) is 0 Å². The molecule has 0 aliphatic carbocycles. The van der Waals surface area contributed by atoms with Crippen LogP contribution in [0.2, 0.25) is 0 Å². The quantitative estimate of drug-likeness (QED) is 0.597. The van der Waals surface area contributed by atoms with E-state index in [4.69, 9.17) is 5.11 Å². The van der Waals surface area contributed by atoms with Crippen molar-refractivity contribution in [1.29, 1.82) is 0 Å². The number of aromatic amines is 1. The summed E-state index contributed by atoms with van der Waals surface area (Å²) in [5, 5.41) is 10.4. The number of hydrazine groups is 1. The summed E-state index contributed by atoms with van der Waals surface area (Å²) in [6.45, 7) is 1.70. The van der Waals surface area contributed by atoms with Crippen LogP contribution in [0.1, 0.15) is 19.0 Å². The predicted molar refractivity (Wildman–Crippen MR) is 59.9 cm³/mol. The van der Waals surface area contributed by atoms with Crippen LogP contribution in [0.4, 0.5) is 0 Å². The fraction of sp³-hybridized carbons (Fsp3) is 0.500. The number of imidazole rings is 1. The highest BCUT2D eigenvalue weighted by molar-refractivity contribution is 5.77. The third kappa shape index (κ3) is 3.87. The number of nitrogens with zero attached hydrogens (tertiary/aromatic N) is 2. The van der Waals surface area contributed by atoms with Gasteiger partial charge in [0.2, 0.25) is 5.91 Å². The first-order valence-electron chi connectivity index (χ1n) is 5.27. The summed E-state index contributed by atoms with van der Waals surface area (Å²) in [5.74, 6) is -1.23. The van der Waals surface area contributed by atoms with E-state index in [9.17, 15) is 9.59 Å². The van der Waals surface area contributed by atoms with Crippen LogP contribution < -0.4 is 5.43 Å². The summed E-state index contributed by atoms with van der Waals surface area (Å²) in [6, 6.07) is -0.839. The molecule has 1 aromatic rings. The van der Waals surface area contributed by atoms with Crippen molar-refractivity contribution in [2.45, 2.75) is 25.8 Å². The summed E-state index contributed by atoms with van der Waals surface area (Å²) in [6.07, 6.45) is 3.64. The summed E-state index contributed by atoms with van der Waals surface area (Å²) < 4.78 is 0. The number of carbonyl (C=O) groups is 2. The lowest BCUT2D eigenvalue weighted by Crippen LogP contribution is -2.50. The van der Waals surface area contributed by atoms with Gasteiger partial charge in [0.15, 0.2) is 0 Å². The number of aromatic nitrogens is 2. The minimum Gasteiger partial charge on any atom is -0.480 e. The molecule has 0 bridgehead atoms. The van der Waals surface area contributed by atoms with Gasteiger partial charge in [-0.05, 0) is 0 Å². The number of carboxylic acid groups (broad SMARTS) is 1. The fourth-order valence-corrected chi connectivity index (χ4v) is 1.34. The molecule has 0 aromatic carbocycles. The second-order valence-corrected chi connectivity index (χ2v) is 3.62. The van der Waals surface area contributed by atoms with Crippen LogP contribution in [-0.2, 0) is 16.0 Å². The zero-order chi connectivity index (χ0) is 12.8. The molecule has 0 spiro atoms. The van der Waals surface area contributed by atoms with E-state index in [1.54, 1.807) is 13.1 Å². The number of likely N-dealkylation sites (N-methyl/N-ethyl adjacent to an activating group) is 1. The lowest BCUT2D eigenvalue weighted by molar-refractivity contribution is -0.145. The summed E-state index contributed by atoms with van der Waals surface area (Å²) in [7, 11) is 1.53. The Morgan fingerprint density at radius 1 is 1.65 bits per heavy atom. The van der Waals surface area contributed by atoms with Gasteiger partial charge in [0.1, 0.15) is 6.04 Å². The molecule has 7 nitrogen and oxygen atoms in total. The number of carbonyl (C=O) groups excluding carboxylic acids is 1. The maximum atomic E-state index is 11.2. The molecule has 1 heterocycles. The molecule has 94 valence electrons. The van der Waals surface area contributed by atoms with Gasteiger partial charge in [0, 0.05) is 26.1 Å². The van der Waals surface area contributed by atoms with Crippen molar-refractivity contribution in [3.05, 3.63) is 18.2 Å². The van der Waals surface area contributed by atoms with E-state index in [1.165, 1.54) is 18.4 Å². The standard InChI is InChI=1S/C10H16N4O3/c1-3-9(15)13-14(2)8(10(16)17)4-7-5-11-6-12-7/h5-6,8H,3-4H2,1-2H3,(H,11,12)(H,13,15)(H,16,17)/t8-/m0/s1. The molecule has 0 aliphatic heterocycles. The Kier molecular flexibility index (Phi) is 4.65. The number of carboxylic acids is 1. The normalized spacial score (nSPS) is 12.4. The van der Waals surface area contributed by atoms with Crippen LogP contribution in [0.5, 0.6) is 0 Å². The average molecular weight is 240 g/mol. The van der Waals surface area contributed by atoms with Crippen LogP contribution >= 0.6 is 0 Å². The minimum atomic E-state index is -1.01. The third-order valence-electron chi connectivity index (χ3n) is 2.33. The molecule has 0 radical (unpaired) electrons. The van der Waals surface area contributed by atoms with Crippen molar-refractivity contribution < 1.29 is 14.7 Å². The lowest BCUT2D eigenvalue weighted by atomic mass is 10.1. The molecule has 0 saturated carbocycles. The second-order valence-electron chi connectivity index (χ2n) is 3.62. The van der Waals surface area contributed by atoms with Gasteiger partial charge in [-0.1, -0.05) is 6.92 Å². The topological polar surface area (TPSA) is 98.3 Å². The predicted octanol–water partition coefficient (Wildman–Crippen LogP) is -0.222. The molecule has 3 N–H and O–H groups in total. The highest BCUT2D eigenvalue weighted by Crippen LogP contribution is 2.03. The van der Waals surface area contributed by atoms with Crippen molar-refractivity contribution >= 4 is 11.9 Å². The van der Waals surface area contributed by atoms with Crippen molar-refractivity contribution in [2.24, 2.45) is 0 Å². The van der Waals surface area contributed by atoms with Crippen LogP contribution in [0.15, 0.2) is 12.5 Å². The second kappa shape index (κ2) is 6.00. The molecule has 0 fully saturated rings. The van der Waals surface area contributed by atoms with Crippen molar-refractivity contribution in [1.82, 2.24) is 20.4 Å².